The van der Waals surface area contributed by atoms with E-state index >= 15 is 0 Å². The van der Waals surface area contributed by atoms with E-state index in [4.69, 9.17) is 17.3 Å². The summed E-state index contributed by atoms with van der Waals surface area (Å²) >= 11 is 5.69. The highest BCUT2D eigenvalue weighted by Gasteiger charge is 2.14. The van der Waals surface area contributed by atoms with Gasteiger partial charge >= 0.3 is 0 Å². The van der Waals surface area contributed by atoms with Crippen molar-refractivity contribution in [2.24, 2.45) is 0 Å². The molecule has 0 saturated heterocycles. The first-order valence-corrected chi connectivity index (χ1v) is 6.19. The summed E-state index contributed by atoms with van der Waals surface area (Å²) in [6, 6.07) is 9.83. The molecule has 0 spiro atoms. The van der Waals surface area contributed by atoms with Crippen molar-refractivity contribution >= 4 is 23.1 Å². The van der Waals surface area contributed by atoms with Crippen molar-refractivity contribution < 1.29 is 9.18 Å². The maximum atomic E-state index is 13.7. The van der Waals surface area contributed by atoms with Crippen LogP contribution in [0.4, 0.5) is 10.1 Å². The molecular weight excluding hydrogens is 265 g/mol. The van der Waals surface area contributed by atoms with Gasteiger partial charge in [0.05, 0.1) is 5.02 Å². The number of rotatable bonds is 3. The molecule has 0 bridgehead atoms. The van der Waals surface area contributed by atoms with Crippen LogP contribution in [0.3, 0.4) is 0 Å². The minimum absolute atomic E-state index is 0.0162. The Kier molecular flexibility index (Phi) is 3.86. The van der Waals surface area contributed by atoms with Gasteiger partial charge in [0.1, 0.15) is 5.82 Å². The molecule has 0 atom stereocenters. The lowest BCUT2D eigenvalue weighted by atomic mass is 10.00. The molecule has 98 valence electrons. The van der Waals surface area contributed by atoms with E-state index in [2.05, 4.69) is 0 Å². The highest BCUT2D eigenvalue weighted by atomic mass is 35.5. The zero-order chi connectivity index (χ0) is 14.0. The first kappa shape index (κ1) is 13.6. The van der Waals surface area contributed by atoms with Gasteiger partial charge in [-0.1, -0.05) is 35.4 Å². The van der Waals surface area contributed by atoms with Crippen molar-refractivity contribution in [3.05, 3.63) is 63.9 Å². The molecule has 0 radical (unpaired) electrons. The molecule has 2 N–H and O–H groups in total. The average Bonchev–Trinajstić information content (AvgIpc) is 2.38. The highest BCUT2D eigenvalue weighted by Crippen LogP contribution is 2.21. The van der Waals surface area contributed by atoms with Gasteiger partial charge in [0, 0.05) is 17.7 Å². The Morgan fingerprint density at radius 1 is 1.32 bits per heavy atom. The fourth-order valence-corrected chi connectivity index (χ4v) is 2.06. The third kappa shape index (κ3) is 2.93. The van der Waals surface area contributed by atoms with Crippen LogP contribution in [0.1, 0.15) is 21.5 Å². The van der Waals surface area contributed by atoms with Gasteiger partial charge in [-0.25, -0.2) is 4.39 Å². The molecular formula is C15H13ClFNO. The molecule has 4 heteroatoms. The van der Waals surface area contributed by atoms with Gasteiger partial charge in [-0.15, -0.1) is 0 Å². The van der Waals surface area contributed by atoms with Gasteiger partial charge in [0.15, 0.2) is 5.78 Å². The van der Waals surface area contributed by atoms with Gasteiger partial charge in [0.2, 0.25) is 0 Å². The number of Topliss-reactive ketones (excluding diaryl/α,β-unsaturated/α-hetero) is 1. The van der Waals surface area contributed by atoms with Crippen LogP contribution < -0.4 is 5.73 Å². The Morgan fingerprint density at radius 3 is 2.79 bits per heavy atom. The number of carbonyl (C=O) groups excluding carboxylic acids is 1. The van der Waals surface area contributed by atoms with E-state index in [9.17, 15) is 9.18 Å². The summed E-state index contributed by atoms with van der Waals surface area (Å²) in [6.45, 7) is 1.87. The topological polar surface area (TPSA) is 43.1 Å². The van der Waals surface area contributed by atoms with Crippen LogP contribution in [0.2, 0.25) is 5.02 Å². The number of ketones is 1. The van der Waals surface area contributed by atoms with E-state index in [-0.39, 0.29) is 22.8 Å². The molecule has 0 unspecified atom stereocenters. The van der Waals surface area contributed by atoms with Crippen LogP contribution in [-0.4, -0.2) is 5.78 Å². The van der Waals surface area contributed by atoms with E-state index in [0.29, 0.717) is 11.3 Å². The monoisotopic (exact) mass is 277 g/mol. The van der Waals surface area contributed by atoms with E-state index in [1.54, 1.807) is 24.3 Å². The largest absolute Gasteiger partial charge is 0.398 e. The Balaban J connectivity index is 2.31. The number of anilines is 1. The molecule has 2 nitrogen and oxygen atoms in total. The van der Waals surface area contributed by atoms with Gasteiger partial charge in [-0.2, -0.15) is 0 Å². The third-order valence-electron chi connectivity index (χ3n) is 2.89. The molecule has 0 aliphatic rings. The number of aryl methyl sites for hydroxylation is 1. The quantitative estimate of drug-likeness (QED) is 0.685. The van der Waals surface area contributed by atoms with Gasteiger partial charge in [0.25, 0.3) is 0 Å². The lowest BCUT2D eigenvalue weighted by Crippen LogP contribution is -2.08. The lowest BCUT2D eigenvalue weighted by Gasteiger charge is -2.07. The van der Waals surface area contributed by atoms with E-state index < -0.39 is 5.82 Å². The predicted octanol–water partition coefficient (Wildman–Crippen LogP) is 3.80. The molecule has 0 saturated carbocycles. The number of halogens is 2. The smallest absolute Gasteiger partial charge is 0.169 e. The molecule has 0 heterocycles. The normalized spacial score (nSPS) is 10.5. The van der Waals surface area contributed by atoms with Crippen LogP contribution in [0.15, 0.2) is 36.4 Å². The number of carbonyl (C=O) groups is 1. The van der Waals surface area contributed by atoms with Gasteiger partial charge < -0.3 is 5.73 Å². The minimum atomic E-state index is -0.552. The second-order valence-corrected chi connectivity index (χ2v) is 4.81. The summed E-state index contributed by atoms with van der Waals surface area (Å²) in [4.78, 5) is 12.2. The molecule has 0 amide bonds. The Bertz CT molecular complexity index is 640. The van der Waals surface area contributed by atoms with Gasteiger partial charge in [-0.05, 0) is 30.7 Å². The minimum Gasteiger partial charge on any atom is -0.398 e. The van der Waals surface area contributed by atoms with Crippen LogP contribution >= 0.6 is 11.6 Å². The summed E-state index contributed by atoms with van der Waals surface area (Å²) < 4.78 is 13.7. The summed E-state index contributed by atoms with van der Waals surface area (Å²) in [6.07, 6.45) is -0.0555. The van der Waals surface area contributed by atoms with Gasteiger partial charge in [-0.3, -0.25) is 4.79 Å². The maximum absolute atomic E-state index is 13.7. The number of hydrogen-bond donors (Lipinski definition) is 1. The number of hydrogen-bond acceptors (Lipinski definition) is 2. The zero-order valence-corrected chi connectivity index (χ0v) is 11.2. The first-order valence-electron chi connectivity index (χ1n) is 5.81. The van der Waals surface area contributed by atoms with E-state index in [1.165, 1.54) is 6.07 Å². The molecule has 0 aliphatic carbocycles. The fraction of sp³-hybridized carbons (Fsp3) is 0.133. The predicted molar refractivity (Wildman–Crippen MR) is 75.0 cm³/mol. The summed E-state index contributed by atoms with van der Waals surface area (Å²) in [5.74, 6) is -0.772. The summed E-state index contributed by atoms with van der Waals surface area (Å²) in [5, 5.41) is 0.0162. The first-order chi connectivity index (χ1) is 8.99. The van der Waals surface area contributed by atoms with Crippen LogP contribution in [-0.2, 0) is 6.42 Å². The number of nitrogens with two attached hydrogens (primary N) is 1. The Morgan fingerprint density at radius 2 is 2.05 bits per heavy atom. The maximum Gasteiger partial charge on any atom is 0.169 e. The van der Waals surface area contributed by atoms with Crippen molar-refractivity contribution in [1.29, 1.82) is 0 Å². The standard InChI is InChI=1S/C15H13ClFNO/c1-9-5-6-13(18)11(7-9)14(19)8-10-3-2-4-12(16)15(10)17/h2-7H,8,18H2,1H3. The van der Waals surface area contributed by atoms with Crippen LogP contribution in [0, 0.1) is 12.7 Å². The summed E-state index contributed by atoms with van der Waals surface area (Å²) in [7, 11) is 0. The van der Waals surface area contributed by atoms with Crippen LogP contribution in [0.25, 0.3) is 0 Å². The second-order valence-electron chi connectivity index (χ2n) is 4.40. The van der Waals surface area contributed by atoms with E-state index in [0.717, 1.165) is 5.56 Å². The lowest BCUT2D eigenvalue weighted by molar-refractivity contribution is 0.0992. The summed E-state index contributed by atoms with van der Waals surface area (Å²) in [5.41, 5.74) is 7.80. The average molecular weight is 278 g/mol. The zero-order valence-electron chi connectivity index (χ0n) is 10.4. The third-order valence-corrected chi connectivity index (χ3v) is 3.18. The number of nitrogen functional groups attached to an aromatic ring is 1. The van der Waals surface area contributed by atoms with Crippen LogP contribution in [0.5, 0.6) is 0 Å². The molecule has 2 aromatic carbocycles. The SMILES string of the molecule is Cc1ccc(N)c(C(=O)Cc2cccc(Cl)c2F)c1. The molecule has 19 heavy (non-hydrogen) atoms. The molecule has 2 rings (SSSR count). The fourth-order valence-electron chi connectivity index (χ4n) is 1.86. The van der Waals surface area contributed by atoms with Crippen molar-refractivity contribution in [3.63, 3.8) is 0 Å². The molecule has 2 aromatic rings. The van der Waals surface area contributed by atoms with Crippen molar-refractivity contribution in [2.45, 2.75) is 13.3 Å². The number of benzene rings is 2. The van der Waals surface area contributed by atoms with E-state index in [1.807, 2.05) is 13.0 Å². The van der Waals surface area contributed by atoms with Crippen molar-refractivity contribution in [1.82, 2.24) is 0 Å². The molecule has 0 aliphatic heterocycles. The highest BCUT2D eigenvalue weighted by molar-refractivity contribution is 6.30. The Hall–Kier alpha value is -1.87. The van der Waals surface area contributed by atoms with Crippen molar-refractivity contribution in [3.8, 4) is 0 Å². The molecule has 0 aromatic heterocycles. The molecule has 0 fully saturated rings. The second kappa shape index (κ2) is 5.41. The van der Waals surface area contributed by atoms with Crippen molar-refractivity contribution in [2.75, 3.05) is 5.73 Å². The Labute approximate surface area is 116 Å².